The van der Waals surface area contributed by atoms with Crippen LogP contribution in [0.3, 0.4) is 0 Å². The van der Waals surface area contributed by atoms with Gasteiger partial charge in [0.15, 0.2) is 0 Å². The van der Waals surface area contributed by atoms with Gasteiger partial charge >= 0.3 is 0 Å². The van der Waals surface area contributed by atoms with Crippen molar-refractivity contribution in [2.45, 2.75) is 0 Å². The van der Waals surface area contributed by atoms with Crippen LogP contribution >= 0.6 is 0 Å². The second-order valence-electron chi connectivity index (χ2n) is 15.7. The standard InChI is InChI=1S/C36H36B14O/c37-23-12(8-13-18(25(23)39)26(40)32(46)31(45)24(13)38)17-21-19(27(41)33(47)35(49)29(21)43)16(20-22(17)30(44)36(50)34(48)28(20)42)9-5-6-11-10-3-1-2-4-14(10)51-15(11)7-9/h1-8H,37-50H2. The number of hydrogen-bond acceptors (Lipinski definition) is 1. The van der Waals surface area contributed by atoms with Crippen molar-refractivity contribution in [1.82, 2.24) is 0 Å². The lowest BCUT2D eigenvalue weighted by Gasteiger charge is -2.29. The van der Waals surface area contributed by atoms with Gasteiger partial charge in [-0.05, 0) is 78.8 Å². The maximum atomic E-state index is 6.53. The first-order chi connectivity index (χ1) is 24.2. The highest BCUT2D eigenvalue weighted by Crippen LogP contribution is 2.42. The highest BCUT2D eigenvalue weighted by molar-refractivity contribution is 6.73. The Hall–Kier alpha value is -3.97. The van der Waals surface area contributed by atoms with Crippen molar-refractivity contribution in [2.75, 3.05) is 0 Å². The molecule has 0 aliphatic heterocycles. The van der Waals surface area contributed by atoms with E-state index in [1.54, 1.807) is 0 Å². The van der Waals surface area contributed by atoms with E-state index in [-0.39, 0.29) is 0 Å². The van der Waals surface area contributed by atoms with Crippen LogP contribution in [0, 0.1) is 0 Å². The minimum absolute atomic E-state index is 0.935. The van der Waals surface area contributed by atoms with Gasteiger partial charge in [0, 0.05) is 10.8 Å². The van der Waals surface area contributed by atoms with Gasteiger partial charge in [0.25, 0.3) is 0 Å². The fourth-order valence-corrected chi connectivity index (χ4v) is 9.47. The van der Waals surface area contributed by atoms with Gasteiger partial charge in [-0.1, -0.05) is 68.0 Å². The predicted molar refractivity (Wildman–Crippen MR) is 272 cm³/mol. The Morgan fingerprint density at radius 1 is 0.314 bits per heavy atom. The molecule has 8 rings (SSSR count). The Kier molecular flexibility index (Phi) is 7.88. The van der Waals surface area contributed by atoms with Crippen LogP contribution in [-0.2, 0) is 0 Å². The smallest absolute Gasteiger partial charge is 0.139 e. The van der Waals surface area contributed by atoms with Crippen molar-refractivity contribution in [3.63, 3.8) is 0 Å². The van der Waals surface area contributed by atoms with Crippen LogP contribution < -0.4 is 76.5 Å². The number of hydrogen-bond donors (Lipinski definition) is 0. The van der Waals surface area contributed by atoms with Crippen LogP contribution in [0.15, 0.2) is 52.9 Å². The molecule has 0 amide bonds. The van der Waals surface area contributed by atoms with E-state index < -0.39 is 0 Å². The largest absolute Gasteiger partial charge is 0.456 e. The van der Waals surface area contributed by atoms with Gasteiger partial charge < -0.3 is 4.42 Å². The Morgan fingerprint density at radius 3 is 1.29 bits per heavy atom. The van der Waals surface area contributed by atoms with E-state index in [1.807, 2.05) is 0 Å². The van der Waals surface area contributed by atoms with Gasteiger partial charge in [0.1, 0.15) is 121 Å². The zero-order chi connectivity index (χ0) is 36.5. The van der Waals surface area contributed by atoms with E-state index in [1.165, 1.54) is 136 Å². The summed E-state index contributed by atoms with van der Waals surface area (Å²) in [5.74, 6) is 0. The summed E-state index contributed by atoms with van der Waals surface area (Å²) in [4.78, 5) is 0. The zero-order valence-electron chi connectivity index (χ0n) is 33.0. The second-order valence-corrected chi connectivity index (χ2v) is 15.7. The molecule has 0 bridgehead atoms. The number of fused-ring (bicyclic) bond motifs is 6. The molecular formula is C36H36B14O. The molecule has 51 heavy (non-hydrogen) atoms. The predicted octanol–water partition coefficient (Wildman–Crippen LogP) is -14.0. The van der Waals surface area contributed by atoms with Gasteiger partial charge in [-0.2, -0.15) is 0 Å². The summed E-state index contributed by atoms with van der Waals surface area (Å²) in [5, 5.41) is 10.6. The number of rotatable bonds is 2. The molecule has 0 spiro atoms. The molecule has 0 aliphatic rings. The lowest BCUT2D eigenvalue weighted by Crippen LogP contribution is -2.51. The maximum absolute atomic E-state index is 6.53. The van der Waals surface area contributed by atoms with Crippen molar-refractivity contribution < 1.29 is 4.42 Å². The van der Waals surface area contributed by atoms with E-state index in [9.17, 15) is 0 Å². The number of furan rings is 1. The molecule has 0 radical (unpaired) electrons. The fourth-order valence-electron chi connectivity index (χ4n) is 9.47. The molecule has 1 aromatic heterocycles. The van der Waals surface area contributed by atoms with Crippen LogP contribution in [-0.4, -0.2) is 110 Å². The van der Waals surface area contributed by atoms with Crippen LogP contribution in [0.1, 0.15) is 0 Å². The Bertz CT molecular complexity index is 2830. The summed E-state index contributed by atoms with van der Waals surface area (Å²) >= 11 is 0. The summed E-state index contributed by atoms with van der Waals surface area (Å²) in [6.45, 7) is 0. The first-order valence-corrected chi connectivity index (χ1v) is 18.6. The number of para-hydroxylation sites is 1. The van der Waals surface area contributed by atoms with Gasteiger partial charge in [-0.3, -0.25) is 0 Å². The van der Waals surface area contributed by atoms with E-state index in [2.05, 4.69) is 158 Å². The molecule has 0 unspecified atom stereocenters. The molecule has 0 atom stereocenters. The summed E-state index contributed by atoms with van der Waals surface area (Å²) < 4.78 is 6.53. The third-order valence-electron chi connectivity index (χ3n) is 13.7. The molecule has 1 heterocycles. The average Bonchev–Trinajstić information content (AvgIpc) is 3.50. The Balaban J connectivity index is 1.67. The molecule has 0 saturated heterocycles. The van der Waals surface area contributed by atoms with Crippen molar-refractivity contribution in [3.8, 4) is 22.3 Å². The molecule has 0 saturated carbocycles. The molecule has 228 valence electrons. The molecule has 0 aliphatic carbocycles. The molecule has 1 nitrogen and oxygen atoms in total. The van der Waals surface area contributed by atoms with Gasteiger partial charge in [-0.15, -0.1) is 32.8 Å². The van der Waals surface area contributed by atoms with E-state index in [0.717, 1.165) is 16.6 Å². The topological polar surface area (TPSA) is 13.1 Å². The van der Waals surface area contributed by atoms with Gasteiger partial charge in [0.05, 0.1) is 0 Å². The monoisotopic (exact) mass is 638 g/mol. The summed E-state index contributed by atoms with van der Waals surface area (Å²) in [7, 11) is 32.6. The van der Waals surface area contributed by atoms with Crippen LogP contribution in [0.5, 0.6) is 0 Å². The van der Waals surface area contributed by atoms with E-state index in [4.69, 9.17) is 4.42 Å². The first kappa shape index (κ1) is 34.1. The van der Waals surface area contributed by atoms with Crippen LogP contribution in [0.25, 0.3) is 76.5 Å². The highest BCUT2D eigenvalue weighted by Gasteiger charge is 2.27. The minimum Gasteiger partial charge on any atom is -0.456 e. The quantitative estimate of drug-likeness (QED) is 0.136. The van der Waals surface area contributed by atoms with Crippen molar-refractivity contribution >= 4 is 241 Å². The lowest BCUT2D eigenvalue weighted by molar-refractivity contribution is 0.669. The van der Waals surface area contributed by atoms with Crippen LogP contribution in [0.2, 0.25) is 0 Å². The molecule has 0 fully saturated rings. The van der Waals surface area contributed by atoms with Crippen molar-refractivity contribution in [2.24, 2.45) is 0 Å². The average molecular weight is 636 g/mol. The second kappa shape index (κ2) is 11.8. The van der Waals surface area contributed by atoms with Crippen LogP contribution in [0.4, 0.5) is 0 Å². The fraction of sp³-hybridized carbons (Fsp3) is 0. The van der Waals surface area contributed by atoms with E-state index >= 15 is 0 Å². The summed E-state index contributed by atoms with van der Waals surface area (Å²) in [6, 6.07) is 17.9. The van der Waals surface area contributed by atoms with Crippen molar-refractivity contribution in [3.05, 3.63) is 48.5 Å². The molecule has 8 aromatic rings. The molecule has 15 heteroatoms. The molecular weight excluding hydrogens is 600 g/mol. The normalized spacial score (nSPS) is 11.8. The summed E-state index contributed by atoms with van der Waals surface area (Å²) in [6.07, 6.45) is 0. The zero-order valence-corrected chi connectivity index (χ0v) is 33.0. The van der Waals surface area contributed by atoms with Gasteiger partial charge in [-0.25, -0.2) is 0 Å². The molecule has 0 N–H and O–H groups in total. The third-order valence-corrected chi connectivity index (χ3v) is 13.7. The SMILES string of the molecule is Bc1c(B)c(B)c2c(B)c(B)c(-c3c4c(B)c(B)c(B)c(B)c4c(-c4ccc5c(c4)oc4ccccc45)c4c(B)c(B)c(B)c(B)c34)cc2c1B. The minimum atomic E-state index is 0.935. The van der Waals surface area contributed by atoms with E-state index in [0.29, 0.717) is 0 Å². The Labute approximate surface area is 314 Å². The third kappa shape index (κ3) is 4.55. The first-order valence-electron chi connectivity index (χ1n) is 18.6. The Morgan fingerprint density at radius 2 is 0.745 bits per heavy atom. The lowest BCUT2D eigenvalue weighted by atomic mass is 9.58. The maximum Gasteiger partial charge on any atom is 0.139 e. The highest BCUT2D eigenvalue weighted by atomic mass is 16.3. The summed E-state index contributed by atoms with van der Waals surface area (Å²) in [5.41, 5.74) is 26.5. The van der Waals surface area contributed by atoms with Gasteiger partial charge in [0.2, 0.25) is 0 Å². The van der Waals surface area contributed by atoms with Crippen molar-refractivity contribution in [1.29, 1.82) is 0 Å². The molecule has 7 aromatic carbocycles. The number of benzene rings is 7.